The molecule has 3 aromatic rings. The van der Waals surface area contributed by atoms with Crippen molar-refractivity contribution in [2.75, 3.05) is 4.90 Å². The molecule has 1 amide bonds. The second-order valence-electron chi connectivity index (χ2n) is 6.34. The lowest BCUT2D eigenvalue weighted by molar-refractivity contribution is -0.199. The van der Waals surface area contributed by atoms with Crippen LogP contribution in [0.4, 0.5) is 18.9 Å². The Labute approximate surface area is 157 Å². The summed E-state index contributed by atoms with van der Waals surface area (Å²) in [5.74, 6) is -0.660. The number of rotatable bonds is 4. The van der Waals surface area contributed by atoms with E-state index in [-0.39, 0.29) is 17.2 Å². The third-order valence-electron chi connectivity index (χ3n) is 4.57. The minimum Gasteiger partial charge on any atom is -0.429 e. The minimum atomic E-state index is -4.19. The number of carbonyl (C=O) groups is 1. The van der Waals surface area contributed by atoms with Gasteiger partial charge in [0.2, 0.25) is 0 Å². The van der Waals surface area contributed by atoms with Crippen molar-refractivity contribution in [3.05, 3.63) is 59.8 Å². The van der Waals surface area contributed by atoms with Gasteiger partial charge in [0.05, 0.1) is 6.54 Å². The molecule has 4 nitrogen and oxygen atoms in total. The molecule has 0 fully saturated rings. The van der Waals surface area contributed by atoms with Crippen molar-refractivity contribution in [1.82, 2.24) is 4.57 Å². The maximum atomic E-state index is 13.3. The Balaban J connectivity index is 1.63. The van der Waals surface area contributed by atoms with E-state index in [1.54, 1.807) is 4.90 Å². The van der Waals surface area contributed by atoms with Gasteiger partial charge in [-0.05, 0) is 42.0 Å². The summed E-state index contributed by atoms with van der Waals surface area (Å²) in [5, 5.41) is 0.985. The maximum Gasteiger partial charge on any atom is 0.444 e. The van der Waals surface area contributed by atoms with E-state index in [1.807, 2.05) is 42.1 Å². The Bertz CT molecular complexity index is 1050. The van der Waals surface area contributed by atoms with Crippen molar-refractivity contribution in [3.63, 3.8) is 0 Å². The lowest BCUT2D eigenvalue weighted by Gasteiger charge is -2.18. The van der Waals surface area contributed by atoms with Gasteiger partial charge in [0.25, 0.3) is 11.5 Å². The lowest BCUT2D eigenvalue weighted by atomic mass is 10.1. The standard InChI is InChI=1S/C19H14ClF3N2O2/c1-24-7-6-11-8-13(3-5-16(11)24)25-10-12-2-4-14(9-15(12)17(25)26)27-19(22,23)18(20)21/h2-9,18H,10H2,1H3. The smallest absolute Gasteiger partial charge is 0.429 e. The second kappa shape index (κ2) is 6.20. The number of amides is 1. The normalized spacial score (nSPS) is 15.3. The van der Waals surface area contributed by atoms with Gasteiger partial charge in [-0.2, -0.15) is 8.78 Å². The zero-order chi connectivity index (χ0) is 19.3. The first-order valence-electron chi connectivity index (χ1n) is 8.11. The molecule has 0 N–H and O–H groups in total. The van der Waals surface area contributed by atoms with Crippen LogP contribution in [0.3, 0.4) is 0 Å². The average Bonchev–Trinajstić information content (AvgIpc) is 3.15. The van der Waals surface area contributed by atoms with Gasteiger partial charge in [-0.1, -0.05) is 17.7 Å². The topological polar surface area (TPSA) is 34.5 Å². The first kappa shape index (κ1) is 17.7. The molecule has 0 aliphatic carbocycles. The fraction of sp³-hybridized carbons (Fsp3) is 0.211. The quantitative estimate of drug-likeness (QED) is 0.593. The van der Waals surface area contributed by atoms with Crippen molar-refractivity contribution in [2.45, 2.75) is 18.3 Å². The highest BCUT2D eigenvalue weighted by molar-refractivity contribution is 6.20. The number of hydrogen-bond donors (Lipinski definition) is 0. The molecule has 1 atom stereocenters. The largest absolute Gasteiger partial charge is 0.444 e. The SMILES string of the molecule is Cn1ccc2cc(N3Cc4ccc(OC(F)(F)C(F)Cl)cc4C3=O)ccc21. The predicted octanol–water partition coefficient (Wildman–Crippen LogP) is 4.84. The molecule has 0 spiro atoms. The molecule has 1 aromatic heterocycles. The summed E-state index contributed by atoms with van der Waals surface area (Å²) in [5.41, 5.74) is -0.349. The summed E-state index contributed by atoms with van der Waals surface area (Å²) >= 11 is 4.80. The molecule has 1 unspecified atom stereocenters. The van der Waals surface area contributed by atoms with Crippen LogP contribution in [-0.4, -0.2) is 22.2 Å². The number of ether oxygens (including phenoxy) is 1. The van der Waals surface area contributed by atoms with Gasteiger partial charge in [0.15, 0.2) is 0 Å². The molecule has 4 rings (SSSR count). The molecule has 1 aliphatic rings. The van der Waals surface area contributed by atoms with E-state index in [9.17, 15) is 18.0 Å². The molecule has 0 bridgehead atoms. The number of carbonyl (C=O) groups excluding carboxylic acids is 1. The number of halogens is 4. The van der Waals surface area contributed by atoms with E-state index in [2.05, 4.69) is 4.74 Å². The highest BCUT2D eigenvalue weighted by atomic mass is 35.5. The number of fused-ring (bicyclic) bond motifs is 2. The highest BCUT2D eigenvalue weighted by Gasteiger charge is 2.42. The fourth-order valence-electron chi connectivity index (χ4n) is 3.19. The first-order chi connectivity index (χ1) is 12.8. The van der Waals surface area contributed by atoms with Crippen LogP contribution in [0, 0.1) is 0 Å². The Hall–Kier alpha value is -2.67. The lowest BCUT2D eigenvalue weighted by Crippen LogP contribution is -2.32. The van der Waals surface area contributed by atoms with Gasteiger partial charge in [0.1, 0.15) is 5.75 Å². The van der Waals surface area contributed by atoms with Crippen molar-refractivity contribution >= 4 is 34.1 Å². The molecule has 2 aromatic carbocycles. The number of alkyl halides is 4. The highest BCUT2D eigenvalue weighted by Crippen LogP contribution is 2.35. The van der Waals surface area contributed by atoms with Gasteiger partial charge in [-0.3, -0.25) is 4.79 Å². The van der Waals surface area contributed by atoms with Gasteiger partial charge >= 0.3 is 6.11 Å². The summed E-state index contributed by atoms with van der Waals surface area (Å²) in [6.45, 7) is 0.310. The summed E-state index contributed by atoms with van der Waals surface area (Å²) in [6.07, 6.45) is -2.26. The van der Waals surface area contributed by atoms with E-state index >= 15 is 0 Å². The molecular weight excluding hydrogens is 381 g/mol. The van der Waals surface area contributed by atoms with E-state index in [0.29, 0.717) is 17.8 Å². The van der Waals surface area contributed by atoms with Crippen LogP contribution in [0.15, 0.2) is 48.7 Å². The van der Waals surface area contributed by atoms with Crippen LogP contribution in [0.2, 0.25) is 0 Å². The summed E-state index contributed by atoms with van der Waals surface area (Å²) < 4.78 is 45.7. The molecule has 2 heterocycles. The van der Waals surface area contributed by atoms with Crippen molar-refractivity contribution < 1.29 is 22.7 Å². The monoisotopic (exact) mass is 394 g/mol. The average molecular weight is 395 g/mol. The van der Waals surface area contributed by atoms with Crippen LogP contribution in [0.25, 0.3) is 10.9 Å². The molecule has 1 aliphatic heterocycles. The molecule has 0 radical (unpaired) electrons. The molecular formula is C19H14ClF3N2O2. The van der Waals surface area contributed by atoms with Gasteiger partial charge < -0.3 is 14.2 Å². The van der Waals surface area contributed by atoms with Crippen LogP contribution in [0.1, 0.15) is 15.9 Å². The number of anilines is 1. The van der Waals surface area contributed by atoms with Gasteiger partial charge in [-0.25, -0.2) is 4.39 Å². The number of hydrogen-bond acceptors (Lipinski definition) is 2. The van der Waals surface area contributed by atoms with E-state index in [4.69, 9.17) is 11.6 Å². The number of aryl methyl sites for hydroxylation is 1. The van der Waals surface area contributed by atoms with E-state index in [0.717, 1.165) is 10.9 Å². The third-order valence-corrected chi connectivity index (χ3v) is 4.83. The maximum absolute atomic E-state index is 13.3. The molecule has 140 valence electrons. The Morgan fingerprint density at radius 3 is 2.70 bits per heavy atom. The van der Waals surface area contributed by atoms with Crippen molar-refractivity contribution in [1.29, 1.82) is 0 Å². The number of nitrogens with zero attached hydrogens (tertiary/aromatic N) is 2. The summed E-state index contributed by atoms with van der Waals surface area (Å²) in [7, 11) is 1.93. The van der Waals surface area contributed by atoms with Crippen molar-refractivity contribution in [3.8, 4) is 5.75 Å². The van der Waals surface area contributed by atoms with Gasteiger partial charge in [-0.15, -0.1) is 0 Å². The zero-order valence-corrected chi connectivity index (χ0v) is 14.9. The van der Waals surface area contributed by atoms with Crippen LogP contribution < -0.4 is 9.64 Å². The molecule has 27 heavy (non-hydrogen) atoms. The number of aromatic nitrogens is 1. The molecule has 0 saturated heterocycles. The van der Waals surface area contributed by atoms with E-state index < -0.39 is 11.7 Å². The molecule has 8 heteroatoms. The van der Waals surface area contributed by atoms with Crippen LogP contribution in [-0.2, 0) is 13.6 Å². The minimum absolute atomic E-state index is 0.237. The Kier molecular flexibility index (Phi) is 4.07. The molecule has 0 saturated carbocycles. The zero-order valence-electron chi connectivity index (χ0n) is 14.1. The van der Waals surface area contributed by atoms with Crippen LogP contribution >= 0.6 is 11.6 Å². The van der Waals surface area contributed by atoms with Gasteiger partial charge in [0, 0.05) is 35.4 Å². The Morgan fingerprint density at radius 2 is 1.96 bits per heavy atom. The number of benzene rings is 2. The predicted molar refractivity (Wildman–Crippen MR) is 96.2 cm³/mol. The third kappa shape index (κ3) is 3.02. The van der Waals surface area contributed by atoms with Crippen molar-refractivity contribution in [2.24, 2.45) is 7.05 Å². The van der Waals surface area contributed by atoms with Crippen LogP contribution in [0.5, 0.6) is 5.75 Å². The first-order valence-corrected chi connectivity index (χ1v) is 8.55. The summed E-state index contributed by atoms with van der Waals surface area (Å²) in [4.78, 5) is 14.3. The summed E-state index contributed by atoms with van der Waals surface area (Å²) in [6, 6.07) is 11.6. The fourth-order valence-corrected chi connectivity index (χ4v) is 3.24. The van der Waals surface area contributed by atoms with E-state index in [1.165, 1.54) is 18.2 Å². The second-order valence-corrected chi connectivity index (χ2v) is 6.73. The Morgan fingerprint density at radius 1 is 1.19 bits per heavy atom.